The second-order valence-corrected chi connectivity index (χ2v) is 8.76. The van der Waals surface area contributed by atoms with Crippen LogP contribution in [0.5, 0.6) is 5.88 Å². The average molecular weight is 404 g/mol. The summed E-state index contributed by atoms with van der Waals surface area (Å²) in [6, 6.07) is 2.44. The molecule has 0 aromatic carbocycles. The van der Waals surface area contributed by atoms with Gasteiger partial charge in [0.15, 0.2) is 0 Å². The summed E-state index contributed by atoms with van der Waals surface area (Å²) in [6.45, 7) is 5.59. The van der Waals surface area contributed by atoms with E-state index in [9.17, 15) is 4.79 Å². The van der Waals surface area contributed by atoms with Crippen LogP contribution in [0.4, 0.5) is 0 Å². The first-order chi connectivity index (χ1) is 14.1. The summed E-state index contributed by atoms with van der Waals surface area (Å²) < 4.78 is 17.3. The molecular formula is C22H33N3O4. The van der Waals surface area contributed by atoms with Crippen LogP contribution in [0, 0.1) is 6.92 Å². The molecule has 1 aliphatic carbocycles. The molecule has 2 unspecified atom stereocenters. The zero-order chi connectivity index (χ0) is 20.3. The van der Waals surface area contributed by atoms with Gasteiger partial charge in [-0.1, -0.05) is 19.3 Å². The van der Waals surface area contributed by atoms with Gasteiger partial charge in [0, 0.05) is 43.9 Å². The number of aryl methyl sites for hydroxylation is 1. The number of amides is 1. The van der Waals surface area contributed by atoms with Crippen LogP contribution in [0.3, 0.4) is 0 Å². The molecule has 1 aromatic heterocycles. The summed E-state index contributed by atoms with van der Waals surface area (Å²) in [6.07, 6.45) is 7.97. The minimum absolute atomic E-state index is 0.0319. The Morgan fingerprint density at radius 2 is 2.21 bits per heavy atom. The molecule has 29 heavy (non-hydrogen) atoms. The monoisotopic (exact) mass is 403 g/mol. The summed E-state index contributed by atoms with van der Waals surface area (Å²) in [5, 5.41) is 3.20. The number of rotatable bonds is 5. The molecule has 2 saturated heterocycles. The fourth-order valence-electron chi connectivity index (χ4n) is 4.87. The maximum absolute atomic E-state index is 12.7. The first-order valence-corrected chi connectivity index (χ1v) is 10.8. The number of carbonyl (C=O) groups is 1. The Hall–Kier alpha value is -1.70. The Morgan fingerprint density at radius 1 is 1.38 bits per heavy atom. The van der Waals surface area contributed by atoms with Gasteiger partial charge in [-0.2, -0.15) is 0 Å². The first kappa shape index (κ1) is 20.6. The van der Waals surface area contributed by atoms with Gasteiger partial charge in [0.1, 0.15) is 11.7 Å². The fourth-order valence-corrected chi connectivity index (χ4v) is 4.87. The summed E-state index contributed by atoms with van der Waals surface area (Å²) in [4.78, 5) is 19.4. The van der Waals surface area contributed by atoms with Gasteiger partial charge in [0.05, 0.1) is 20.3 Å². The topological polar surface area (TPSA) is 72.9 Å². The van der Waals surface area contributed by atoms with Crippen LogP contribution >= 0.6 is 0 Å². The number of ether oxygens (including phenoxy) is 3. The van der Waals surface area contributed by atoms with E-state index in [0.29, 0.717) is 31.6 Å². The van der Waals surface area contributed by atoms with Crippen molar-refractivity contribution in [1.82, 2.24) is 15.2 Å². The van der Waals surface area contributed by atoms with Crippen molar-refractivity contribution in [2.24, 2.45) is 0 Å². The second-order valence-electron chi connectivity index (χ2n) is 8.76. The normalized spacial score (nSPS) is 28.6. The van der Waals surface area contributed by atoms with Crippen LogP contribution in [0.15, 0.2) is 12.3 Å². The number of nitrogens with zero attached hydrogens (tertiary/aromatic N) is 2. The van der Waals surface area contributed by atoms with E-state index in [0.717, 1.165) is 43.6 Å². The lowest BCUT2D eigenvalue weighted by Crippen LogP contribution is -2.52. The average Bonchev–Trinajstić information content (AvgIpc) is 3.12. The first-order valence-electron chi connectivity index (χ1n) is 10.8. The molecule has 160 valence electrons. The number of hydrogen-bond donors (Lipinski definition) is 1. The van der Waals surface area contributed by atoms with Gasteiger partial charge in [-0.05, 0) is 31.4 Å². The second kappa shape index (κ2) is 8.98. The number of hydrogen-bond acceptors (Lipinski definition) is 6. The van der Waals surface area contributed by atoms with Crippen molar-refractivity contribution in [3.63, 3.8) is 0 Å². The van der Waals surface area contributed by atoms with E-state index in [1.165, 1.54) is 19.3 Å². The lowest BCUT2D eigenvalue weighted by Gasteiger charge is -2.39. The Balaban J connectivity index is 1.33. The molecule has 1 spiro atoms. The van der Waals surface area contributed by atoms with Crippen LogP contribution in [-0.2, 0) is 20.8 Å². The number of morpholine rings is 1. The lowest BCUT2D eigenvalue weighted by molar-refractivity contribution is -0.131. The van der Waals surface area contributed by atoms with Gasteiger partial charge in [-0.15, -0.1) is 0 Å². The Kier molecular flexibility index (Phi) is 6.37. The third-order valence-electron chi connectivity index (χ3n) is 6.36. The van der Waals surface area contributed by atoms with Crippen molar-refractivity contribution in [3.8, 4) is 5.88 Å². The molecule has 2 aliphatic heterocycles. The maximum atomic E-state index is 12.7. The summed E-state index contributed by atoms with van der Waals surface area (Å²) in [5.41, 5.74) is 1.81. The molecule has 1 aromatic rings. The van der Waals surface area contributed by atoms with E-state index >= 15 is 0 Å². The predicted octanol–water partition coefficient (Wildman–Crippen LogP) is 2.21. The summed E-state index contributed by atoms with van der Waals surface area (Å²) in [7, 11) is 1.64. The van der Waals surface area contributed by atoms with E-state index in [-0.39, 0.29) is 11.5 Å². The molecule has 1 saturated carbocycles. The van der Waals surface area contributed by atoms with E-state index in [2.05, 4.69) is 21.3 Å². The van der Waals surface area contributed by atoms with Gasteiger partial charge in [0.2, 0.25) is 11.8 Å². The molecule has 3 aliphatic rings. The third-order valence-corrected chi connectivity index (χ3v) is 6.36. The predicted molar refractivity (Wildman–Crippen MR) is 109 cm³/mol. The van der Waals surface area contributed by atoms with Crippen LogP contribution in [0.1, 0.15) is 49.7 Å². The molecule has 7 heteroatoms. The zero-order valence-corrected chi connectivity index (χ0v) is 17.6. The van der Waals surface area contributed by atoms with E-state index < -0.39 is 6.10 Å². The number of methoxy groups -OCH3 is 1. The van der Waals surface area contributed by atoms with Crippen molar-refractivity contribution in [3.05, 3.63) is 23.4 Å². The minimum atomic E-state index is -0.401. The summed E-state index contributed by atoms with van der Waals surface area (Å²) >= 11 is 0. The van der Waals surface area contributed by atoms with Crippen LogP contribution in [0.2, 0.25) is 0 Å². The van der Waals surface area contributed by atoms with Crippen LogP contribution in [-0.4, -0.2) is 67.0 Å². The van der Waals surface area contributed by atoms with Crippen molar-refractivity contribution in [2.45, 2.75) is 69.7 Å². The highest BCUT2D eigenvalue weighted by molar-refractivity contribution is 5.81. The Bertz CT molecular complexity index is 722. The van der Waals surface area contributed by atoms with Gasteiger partial charge in [-0.25, -0.2) is 4.98 Å². The molecule has 1 N–H and O–H groups in total. The minimum Gasteiger partial charge on any atom is -0.481 e. The molecule has 2 atom stereocenters. The molecule has 7 nitrogen and oxygen atoms in total. The number of carbonyl (C=O) groups excluding carboxylic acids is 1. The van der Waals surface area contributed by atoms with Gasteiger partial charge in [-0.3, -0.25) is 9.69 Å². The fraction of sp³-hybridized carbons (Fsp3) is 0.727. The Labute approximate surface area is 173 Å². The maximum Gasteiger partial charge on any atom is 0.249 e. The standard InChI is InChI=1S/C22H33N3O4/c1-16-10-17(12-23-21(16)27-2)13-25-8-9-29-22(14-25)11-19(28-15-22)20(26)24-18-6-4-3-5-7-18/h10,12,18-19H,3-9,11,13-15H2,1-2H3,(H,24,26). The van der Waals surface area contributed by atoms with E-state index in [1.807, 2.05) is 13.1 Å². The van der Waals surface area contributed by atoms with Crippen molar-refractivity contribution >= 4 is 5.91 Å². The van der Waals surface area contributed by atoms with Crippen molar-refractivity contribution in [2.75, 3.05) is 33.4 Å². The van der Waals surface area contributed by atoms with Gasteiger partial charge < -0.3 is 19.5 Å². The SMILES string of the molecule is COc1ncc(CN2CCOC3(COC(C(=O)NC4CCCCC4)C3)C2)cc1C. The molecule has 3 heterocycles. The zero-order valence-electron chi connectivity index (χ0n) is 17.6. The lowest BCUT2D eigenvalue weighted by atomic mass is 9.94. The number of nitrogens with one attached hydrogen (secondary N) is 1. The van der Waals surface area contributed by atoms with Gasteiger partial charge in [0.25, 0.3) is 0 Å². The van der Waals surface area contributed by atoms with Crippen LogP contribution in [0.25, 0.3) is 0 Å². The third kappa shape index (κ3) is 4.90. The Morgan fingerprint density at radius 3 is 2.97 bits per heavy atom. The molecule has 1 amide bonds. The van der Waals surface area contributed by atoms with E-state index in [4.69, 9.17) is 14.2 Å². The van der Waals surface area contributed by atoms with Gasteiger partial charge >= 0.3 is 0 Å². The summed E-state index contributed by atoms with van der Waals surface area (Å²) in [5.74, 6) is 0.702. The molecule has 4 rings (SSSR count). The smallest absolute Gasteiger partial charge is 0.249 e. The molecule has 3 fully saturated rings. The highest BCUT2D eigenvalue weighted by atomic mass is 16.6. The number of aromatic nitrogens is 1. The van der Waals surface area contributed by atoms with Crippen molar-refractivity contribution < 1.29 is 19.0 Å². The highest BCUT2D eigenvalue weighted by Crippen LogP contribution is 2.32. The molecule has 0 radical (unpaired) electrons. The van der Waals surface area contributed by atoms with Crippen molar-refractivity contribution in [1.29, 1.82) is 0 Å². The van der Waals surface area contributed by atoms with E-state index in [1.54, 1.807) is 7.11 Å². The largest absolute Gasteiger partial charge is 0.481 e. The highest BCUT2D eigenvalue weighted by Gasteiger charge is 2.47. The molecule has 0 bridgehead atoms. The number of pyridine rings is 1. The van der Waals surface area contributed by atoms with Crippen LogP contribution < -0.4 is 10.1 Å². The molecular weight excluding hydrogens is 370 g/mol. The quantitative estimate of drug-likeness (QED) is 0.813.